The highest BCUT2D eigenvalue weighted by molar-refractivity contribution is 7.89. The van der Waals surface area contributed by atoms with Gasteiger partial charge in [-0.25, -0.2) is 18.1 Å². The first-order valence-electron chi connectivity index (χ1n) is 9.99. The number of aromatic nitrogens is 1. The number of ether oxygens (including phenoxy) is 4. The average molecular weight is 477 g/mol. The molecule has 0 spiro atoms. The number of aryl methyl sites for hydroxylation is 1. The first-order chi connectivity index (χ1) is 15.4. The van der Waals surface area contributed by atoms with Crippen LogP contribution in [0.1, 0.15) is 10.6 Å². The molecule has 8 nitrogen and oxygen atoms in total. The van der Waals surface area contributed by atoms with Crippen LogP contribution in [0.15, 0.2) is 41.3 Å². The third-order valence-electron chi connectivity index (χ3n) is 4.99. The molecular weight excluding hydrogens is 452 g/mol. The Kier molecular flexibility index (Phi) is 6.54. The summed E-state index contributed by atoms with van der Waals surface area (Å²) in [6, 6.07) is 10.3. The van der Waals surface area contributed by atoms with E-state index in [0.717, 1.165) is 21.1 Å². The van der Waals surface area contributed by atoms with Crippen molar-refractivity contribution >= 4 is 21.4 Å². The minimum atomic E-state index is -3.67. The number of hydrogen-bond donors (Lipinski definition) is 1. The molecule has 1 aliphatic rings. The quantitative estimate of drug-likeness (QED) is 0.532. The van der Waals surface area contributed by atoms with Gasteiger partial charge in [0.25, 0.3) is 0 Å². The highest BCUT2D eigenvalue weighted by Crippen LogP contribution is 2.35. The van der Waals surface area contributed by atoms with Crippen LogP contribution < -0.4 is 23.7 Å². The summed E-state index contributed by atoms with van der Waals surface area (Å²) < 4.78 is 49.7. The minimum Gasteiger partial charge on any atom is -0.493 e. The van der Waals surface area contributed by atoms with Gasteiger partial charge in [0.05, 0.1) is 24.8 Å². The Labute approximate surface area is 191 Å². The van der Waals surface area contributed by atoms with Crippen molar-refractivity contribution in [2.24, 2.45) is 0 Å². The largest absolute Gasteiger partial charge is 0.493 e. The van der Waals surface area contributed by atoms with Crippen LogP contribution in [0.2, 0.25) is 0 Å². The van der Waals surface area contributed by atoms with Crippen molar-refractivity contribution in [1.29, 1.82) is 0 Å². The van der Waals surface area contributed by atoms with E-state index in [9.17, 15) is 8.42 Å². The van der Waals surface area contributed by atoms with E-state index >= 15 is 0 Å². The van der Waals surface area contributed by atoms with Crippen molar-refractivity contribution in [3.05, 3.63) is 47.0 Å². The van der Waals surface area contributed by atoms with Crippen LogP contribution in [0.4, 0.5) is 0 Å². The van der Waals surface area contributed by atoms with Crippen molar-refractivity contribution in [1.82, 2.24) is 9.71 Å². The van der Waals surface area contributed by atoms with E-state index in [1.54, 1.807) is 20.3 Å². The van der Waals surface area contributed by atoms with Crippen molar-refractivity contribution in [3.63, 3.8) is 0 Å². The fraction of sp³-hybridized carbons (Fsp3) is 0.318. The van der Waals surface area contributed by atoms with Crippen LogP contribution in [0.3, 0.4) is 0 Å². The normalized spacial score (nSPS) is 13.1. The van der Waals surface area contributed by atoms with Gasteiger partial charge in [0, 0.05) is 23.1 Å². The zero-order valence-corrected chi connectivity index (χ0v) is 19.6. The zero-order chi connectivity index (χ0) is 22.7. The van der Waals surface area contributed by atoms with Crippen molar-refractivity contribution in [2.75, 3.05) is 34.0 Å². The van der Waals surface area contributed by atoms with Gasteiger partial charge in [-0.2, -0.15) is 0 Å². The molecule has 1 aliphatic heterocycles. The predicted molar refractivity (Wildman–Crippen MR) is 122 cm³/mol. The van der Waals surface area contributed by atoms with E-state index in [2.05, 4.69) is 9.71 Å². The third kappa shape index (κ3) is 4.67. The molecule has 0 saturated heterocycles. The van der Waals surface area contributed by atoms with Gasteiger partial charge in [0.2, 0.25) is 10.0 Å². The number of fused-ring (bicyclic) bond motifs is 1. The molecule has 32 heavy (non-hydrogen) atoms. The lowest BCUT2D eigenvalue weighted by Crippen LogP contribution is -2.26. The number of methoxy groups -OCH3 is 2. The molecule has 0 amide bonds. The Morgan fingerprint density at radius 2 is 1.78 bits per heavy atom. The maximum atomic E-state index is 12.7. The molecule has 4 rings (SSSR count). The lowest BCUT2D eigenvalue weighted by Gasteiger charge is -2.18. The maximum Gasteiger partial charge on any atom is 0.240 e. The summed E-state index contributed by atoms with van der Waals surface area (Å²) in [4.78, 5) is 5.81. The average Bonchev–Trinajstić information content (AvgIpc) is 3.18. The van der Waals surface area contributed by atoms with Crippen LogP contribution >= 0.6 is 11.3 Å². The van der Waals surface area contributed by atoms with E-state index < -0.39 is 10.0 Å². The highest BCUT2D eigenvalue weighted by Gasteiger charge is 2.20. The molecule has 2 heterocycles. The highest BCUT2D eigenvalue weighted by atomic mass is 32.2. The minimum absolute atomic E-state index is 0.147. The topological polar surface area (TPSA) is 96.0 Å². The van der Waals surface area contributed by atoms with Gasteiger partial charge in [0.1, 0.15) is 18.2 Å². The van der Waals surface area contributed by atoms with Crippen LogP contribution in [0, 0.1) is 6.92 Å². The smallest absolute Gasteiger partial charge is 0.240 e. The van der Waals surface area contributed by atoms with Crippen LogP contribution in [0.5, 0.6) is 23.0 Å². The summed E-state index contributed by atoms with van der Waals surface area (Å²) in [6.07, 6.45) is 0.528. The summed E-state index contributed by atoms with van der Waals surface area (Å²) in [5, 5.41) is 0.841. The van der Waals surface area contributed by atoms with Gasteiger partial charge >= 0.3 is 0 Å². The molecule has 0 radical (unpaired) electrons. The number of sulfonamides is 1. The second-order valence-electron chi connectivity index (χ2n) is 7.05. The van der Waals surface area contributed by atoms with Gasteiger partial charge < -0.3 is 18.9 Å². The first kappa shape index (κ1) is 22.4. The number of hydrogen-bond acceptors (Lipinski definition) is 8. The number of nitrogens with one attached hydrogen (secondary N) is 1. The van der Waals surface area contributed by atoms with Crippen molar-refractivity contribution < 1.29 is 27.4 Å². The number of benzene rings is 2. The van der Waals surface area contributed by atoms with Gasteiger partial charge in [-0.05, 0) is 43.7 Å². The van der Waals surface area contributed by atoms with Crippen molar-refractivity contribution in [3.8, 4) is 33.6 Å². The molecule has 1 N–H and O–H groups in total. The molecule has 10 heteroatoms. The summed E-state index contributed by atoms with van der Waals surface area (Å²) in [7, 11) is -0.487. The Morgan fingerprint density at radius 3 is 2.53 bits per heavy atom. The number of rotatable bonds is 8. The second-order valence-corrected chi connectivity index (χ2v) is 9.90. The third-order valence-corrected chi connectivity index (χ3v) is 7.72. The predicted octanol–water partition coefficient (Wildman–Crippen LogP) is 3.43. The summed E-state index contributed by atoms with van der Waals surface area (Å²) >= 11 is 1.53. The Bertz CT molecular complexity index is 1220. The molecule has 0 aliphatic carbocycles. The Balaban J connectivity index is 1.44. The van der Waals surface area contributed by atoms with Crippen LogP contribution in [0.25, 0.3) is 10.6 Å². The SMILES string of the molecule is COc1ccc(-c2nc(C)c(CCNS(=O)(=O)c3ccc4c(c3)OCCO4)s2)cc1OC. The molecule has 0 saturated carbocycles. The number of thiazole rings is 1. The fourth-order valence-corrected chi connectivity index (χ4v) is 5.43. The molecule has 170 valence electrons. The summed E-state index contributed by atoms with van der Waals surface area (Å²) in [5.74, 6) is 2.28. The van der Waals surface area contributed by atoms with Gasteiger partial charge in [0.15, 0.2) is 23.0 Å². The van der Waals surface area contributed by atoms with Gasteiger partial charge in [-0.15, -0.1) is 11.3 Å². The van der Waals surface area contributed by atoms with Crippen LogP contribution in [-0.2, 0) is 16.4 Å². The molecule has 3 aromatic rings. The maximum absolute atomic E-state index is 12.7. The molecule has 2 aromatic carbocycles. The van der Waals surface area contributed by atoms with E-state index in [1.165, 1.54) is 23.5 Å². The van der Waals surface area contributed by atoms with E-state index in [0.29, 0.717) is 42.6 Å². The van der Waals surface area contributed by atoms with Crippen molar-refractivity contribution in [2.45, 2.75) is 18.2 Å². The molecule has 0 atom stereocenters. The van der Waals surface area contributed by atoms with Crippen LogP contribution in [-0.4, -0.2) is 47.4 Å². The Hall–Kier alpha value is -2.82. The molecule has 0 fully saturated rings. The van der Waals surface area contributed by atoms with E-state index in [1.807, 2.05) is 25.1 Å². The monoisotopic (exact) mass is 476 g/mol. The zero-order valence-electron chi connectivity index (χ0n) is 18.0. The van der Waals surface area contributed by atoms with Gasteiger partial charge in [-0.1, -0.05) is 0 Å². The standard InChI is InChI=1S/C22H24N2O6S2/c1-14-21(31-22(24-14)15-4-6-17(27-2)19(12-15)28-3)8-9-23-32(25,26)16-5-7-18-20(13-16)30-11-10-29-18/h4-7,12-13,23H,8-11H2,1-3H3. The Morgan fingerprint density at radius 1 is 1.03 bits per heavy atom. The lowest BCUT2D eigenvalue weighted by atomic mass is 10.2. The molecule has 1 aromatic heterocycles. The lowest BCUT2D eigenvalue weighted by molar-refractivity contribution is 0.171. The van der Waals surface area contributed by atoms with E-state index in [4.69, 9.17) is 18.9 Å². The van der Waals surface area contributed by atoms with Gasteiger partial charge in [-0.3, -0.25) is 0 Å². The summed E-state index contributed by atoms with van der Waals surface area (Å²) in [5.41, 5.74) is 1.79. The second kappa shape index (κ2) is 9.35. The summed E-state index contributed by atoms with van der Waals surface area (Å²) in [6.45, 7) is 3.03. The fourth-order valence-electron chi connectivity index (χ4n) is 3.33. The first-order valence-corrected chi connectivity index (χ1v) is 12.3. The number of nitrogens with zero attached hydrogens (tertiary/aromatic N) is 1. The molecule has 0 bridgehead atoms. The molecular formula is C22H24N2O6S2. The molecule has 0 unspecified atom stereocenters. The van der Waals surface area contributed by atoms with E-state index in [-0.39, 0.29) is 11.4 Å².